The van der Waals surface area contributed by atoms with E-state index in [1.807, 2.05) is 6.92 Å². The third-order valence-corrected chi connectivity index (χ3v) is 3.92. The highest BCUT2D eigenvalue weighted by molar-refractivity contribution is 6.35. The monoisotopic (exact) mass is 383 g/mol. The molecule has 0 radical (unpaired) electrons. The largest absolute Gasteiger partial charge is 0.493 e. The van der Waals surface area contributed by atoms with Crippen LogP contribution in [0.5, 0.6) is 11.5 Å². The topological polar surface area (TPSA) is 98.2 Å². The molecule has 0 spiro atoms. The second-order valence-corrected chi connectivity index (χ2v) is 5.92. The Morgan fingerprint density at radius 3 is 2.88 bits per heavy atom. The molecule has 0 bridgehead atoms. The summed E-state index contributed by atoms with van der Waals surface area (Å²) >= 11 is 6.16. The van der Waals surface area contributed by atoms with Crippen molar-refractivity contribution in [3.8, 4) is 11.5 Å². The minimum atomic E-state index is -0.858. The highest BCUT2D eigenvalue weighted by atomic mass is 35.5. The first-order chi connectivity index (χ1) is 12.5. The molecule has 2 rings (SSSR count). The van der Waals surface area contributed by atoms with Crippen LogP contribution < -0.4 is 20.2 Å². The molecule has 1 fully saturated rings. The van der Waals surface area contributed by atoms with Crippen LogP contribution in [0, 0.1) is 0 Å². The van der Waals surface area contributed by atoms with Crippen LogP contribution in [0.3, 0.4) is 0 Å². The van der Waals surface area contributed by atoms with Crippen LogP contribution in [0.25, 0.3) is 0 Å². The predicted octanol–water partition coefficient (Wildman–Crippen LogP) is 1.49. The second kappa shape index (κ2) is 9.98. The zero-order valence-electron chi connectivity index (χ0n) is 14.7. The minimum Gasteiger partial charge on any atom is -0.493 e. The first-order valence-corrected chi connectivity index (χ1v) is 8.66. The number of ether oxygens (including phenoxy) is 3. The van der Waals surface area contributed by atoms with Gasteiger partial charge in [0, 0.05) is 13.2 Å². The fourth-order valence-electron chi connectivity index (χ4n) is 2.41. The number of rotatable bonds is 7. The Morgan fingerprint density at radius 1 is 1.42 bits per heavy atom. The van der Waals surface area contributed by atoms with Gasteiger partial charge in [-0.2, -0.15) is 5.10 Å². The highest BCUT2D eigenvalue weighted by Crippen LogP contribution is 2.35. The molecule has 0 unspecified atom stereocenters. The van der Waals surface area contributed by atoms with Gasteiger partial charge in [-0.3, -0.25) is 9.59 Å². The number of hydrogen-bond donors (Lipinski definition) is 2. The molecule has 1 heterocycles. The number of amides is 2. The first-order valence-electron chi connectivity index (χ1n) is 8.28. The smallest absolute Gasteiger partial charge is 0.329 e. The van der Waals surface area contributed by atoms with Gasteiger partial charge in [0.15, 0.2) is 11.5 Å². The number of nitrogens with one attached hydrogen (secondary N) is 2. The summed E-state index contributed by atoms with van der Waals surface area (Å²) in [5.74, 6) is -0.740. The zero-order chi connectivity index (χ0) is 18.9. The molecule has 0 aromatic heterocycles. The van der Waals surface area contributed by atoms with E-state index in [1.54, 1.807) is 12.1 Å². The van der Waals surface area contributed by atoms with Gasteiger partial charge in [0.05, 0.1) is 31.1 Å². The average molecular weight is 384 g/mol. The molecular weight excluding hydrogens is 362 g/mol. The van der Waals surface area contributed by atoms with Crippen LogP contribution in [0.1, 0.15) is 25.3 Å². The molecule has 1 aliphatic rings. The van der Waals surface area contributed by atoms with Gasteiger partial charge in [-0.15, -0.1) is 0 Å². The third-order valence-electron chi connectivity index (χ3n) is 3.64. The second-order valence-electron chi connectivity index (χ2n) is 5.51. The van der Waals surface area contributed by atoms with E-state index >= 15 is 0 Å². The van der Waals surface area contributed by atoms with Crippen molar-refractivity contribution in [3.05, 3.63) is 22.7 Å². The maximum atomic E-state index is 11.7. The van der Waals surface area contributed by atoms with Gasteiger partial charge < -0.3 is 19.5 Å². The van der Waals surface area contributed by atoms with Gasteiger partial charge in [0.1, 0.15) is 0 Å². The number of benzene rings is 1. The summed E-state index contributed by atoms with van der Waals surface area (Å²) in [6.45, 7) is 3.28. The van der Waals surface area contributed by atoms with Crippen molar-refractivity contribution in [1.82, 2.24) is 10.7 Å². The van der Waals surface area contributed by atoms with Gasteiger partial charge in [0.25, 0.3) is 0 Å². The van der Waals surface area contributed by atoms with Gasteiger partial charge in [-0.05, 0) is 37.5 Å². The molecule has 1 aromatic rings. The fourth-order valence-corrected chi connectivity index (χ4v) is 2.68. The molecule has 1 saturated heterocycles. The van der Waals surface area contributed by atoms with E-state index in [9.17, 15) is 9.59 Å². The maximum Gasteiger partial charge on any atom is 0.329 e. The number of hydrogen-bond acceptors (Lipinski definition) is 6. The van der Waals surface area contributed by atoms with Crippen LogP contribution >= 0.6 is 11.6 Å². The summed E-state index contributed by atoms with van der Waals surface area (Å²) in [4.78, 5) is 23.4. The summed E-state index contributed by atoms with van der Waals surface area (Å²) < 4.78 is 16.0. The number of carbonyl (C=O) groups excluding carboxylic acids is 2. The van der Waals surface area contributed by atoms with Crippen molar-refractivity contribution in [2.45, 2.75) is 25.9 Å². The molecule has 26 heavy (non-hydrogen) atoms. The summed E-state index contributed by atoms with van der Waals surface area (Å²) in [6.07, 6.45) is 3.16. The lowest BCUT2D eigenvalue weighted by atomic mass is 10.2. The van der Waals surface area contributed by atoms with E-state index in [0.717, 1.165) is 12.8 Å². The minimum absolute atomic E-state index is 0.0336. The average Bonchev–Trinajstić information content (AvgIpc) is 3.15. The molecule has 1 atom stereocenters. The van der Waals surface area contributed by atoms with E-state index in [0.29, 0.717) is 41.8 Å². The van der Waals surface area contributed by atoms with E-state index in [4.69, 9.17) is 25.8 Å². The quantitative estimate of drug-likeness (QED) is 0.422. The lowest BCUT2D eigenvalue weighted by Crippen LogP contribution is -2.41. The predicted molar refractivity (Wildman–Crippen MR) is 96.9 cm³/mol. The van der Waals surface area contributed by atoms with Crippen LogP contribution in [0.2, 0.25) is 5.02 Å². The molecule has 0 aliphatic carbocycles. The zero-order valence-corrected chi connectivity index (χ0v) is 15.5. The number of carbonyl (C=O) groups is 2. The first kappa shape index (κ1) is 20.0. The summed E-state index contributed by atoms with van der Waals surface area (Å²) in [6, 6.07) is 3.27. The van der Waals surface area contributed by atoms with Gasteiger partial charge >= 0.3 is 11.8 Å². The number of halogens is 1. The number of nitrogens with zero attached hydrogens (tertiary/aromatic N) is 1. The molecule has 1 aromatic carbocycles. The third kappa shape index (κ3) is 5.60. The Labute approximate surface area is 156 Å². The fraction of sp³-hybridized carbons (Fsp3) is 0.471. The van der Waals surface area contributed by atoms with Crippen LogP contribution in [0.4, 0.5) is 0 Å². The SMILES string of the molecule is CCOc1c(Cl)cc(/C=N\NC(=O)C(=O)NC[C@@H]2CCCO2)cc1OC. The molecule has 1 aliphatic heterocycles. The van der Waals surface area contributed by atoms with Crippen LogP contribution in [-0.2, 0) is 14.3 Å². The summed E-state index contributed by atoms with van der Waals surface area (Å²) in [5.41, 5.74) is 2.74. The Bertz CT molecular complexity index is 675. The van der Waals surface area contributed by atoms with Crippen molar-refractivity contribution in [2.75, 3.05) is 26.9 Å². The van der Waals surface area contributed by atoms with Crippen molar-refractivity contribution in [2.24, 2.45) is 5.10 Å². The van der Waals surface area contributed by atoms with Gasteiger partial charge in [0.2, 0.25) is 0 Å². The van der Waals surface area contributed by atoms with E-state index in [2.05, 4.69) is 15.8 Å². The lowest BCUT2D eigenvalue weighted by Gasteiger charge is -2.11. The van der Waals surface area contributed by atoms with Crippen LogP contribution in [0.15, 0.2) is 17.2 Å². The van der Waals surface area contributed by atoms with Crippen molar-refractivity contribution in [3.63, 3.8) is 0 Å². The van der Waals surface area contributed by atoms with Crippen LogP contribution in [-0.4, -0.2) is 51.0 Å². The Morgan fingerprint density at radius 2 is 2.23 bits per heavy atom. The molecule has 2 N–H and O–H groups in total. The maximum absolute atomic E-state index is 11.7. The molecule has 0 saturated carbocycles. The lowest BCUT2D eigenvalue weighted by molar-refractivity contribution is -0.139. The van der Waals surface area contributed by atoms with Gasteiger partial charge in [-0.25, -0.2) is 5.43 Å². The van der Waals surface area contributed by atoms with Crippen molar-refractivity contribution >= 4 is 29.6 Å². The highest BCUT2D eigenvalue weighted by Gasteiger charge is 2.19. The summed E-state index contributed by atoms with van der Waals surface area (Å²) in [7, 11) is 1.50. The molecular formula is C17H22ClN3O5. The number of methoxy groups -OCH3 is 1. The number of hydrazone groups is 1. The normalized spacial score (nSPS) is 16.5. The Balaban J connectivity index is 1.89. The van der Waals surface area contributed by atoms with Crippen molar-refractivity contribution in [1.29, 1.82) is 0 Å². The Kier molecular flexibility index (Phi) is 7.68. The molecule has 2 amide bonds. The van der Waals surface area contributed by atoms with E-state index < -0.39 is 11.8 Å². The molecule has 142 valence electrons. The standard InChI is InChI=1S/C17H22ClN3O5/c1-3-25-15-13(18)7-11(8-14(15)24-2)9-20-21-17(23)16(22)19-10-12-5-4-6-26-12/h7-9,12H,3-6,10H2,1-2H3,(H,19,22)(H,21,23)/b20-9-/t12-/m0/s1. The molecule has 9 heteroatoms. The Hall–Kier alpha value is -2.32. The molecule has 8 nitrogen and oxygen atoms in total. The summed E-state index contributed by atoms with van der Waals surface area (Å²) in [5, 5.41) is 6.63. The van der Waals surface area contributed by atoms with E-state index in [1.165, 1.54) is 13.3 Å². The van der Waals surface area contributed by atoms with E-state index in [-0.39, 0.29) is 6.10 Å². The van der Waals surface area contributed by atoms with Gasteiger partial charge in [-0.1, -0.05) is 11.6 Å². The van der Waals surface area contributed by atoms with Crippen molar-refractivity contribution < 1.29 is 23.8 Å².